The number of anilines is 2. The number of alkyl halides is 3. The number of fused-ring (bicyclic) bond motifs is 1. The number of benzene rings is 1. The largest absolute Gasteiger partial charge is 0.405 e. The molecular formula is C19H13ClF3N5O. The minimum Gasteiger partial charge on any atom is -0.312 e. The van der Waals surface area contributed by atoms with Crippen LogP contribution in [0.3, 0.4) is 0 Å². The smallest absolute Gasteiger partial charge is 0.312 e. The Labute approximate surface area is 167 Å². The molecule has 10 heteroatoms. The number of rotatable bonds is 2. The molecule has 1 saturated carbocycles. The number of hydrogen-bond acceptors (Lipinski definition) is 5. The average molecular weight is 420 g/mol. The first-order valence-electron chi connectivity index (χ1n) is 8.54. The highest BCUT2D eigenvalue weighted by atomic mass is 35.5. The van der Waals surface area contributed by atoms with Gasteiger partial charge in [0.05, 0.1) is 17.9 Å². The minimum atomic E-state index is -4.36. The quantitative estimate of drug-likeness (QED) is 0.639. The van der Waals surface area contributed by atoms with Gasteiger partial charge in [0.2, 0.25) is 0 Å². The number of aromatic nitrogens is 4. The SMILES string of the molecule is CN(c1cncc(C#CC2(C(F)(F)F)CC2)n1)c1nc(=O)[nH]c2cc(Cl)ccc12. The number of halogens is 4. The third-order valence-electron chi connectivity index (χ3n) is 4.68. The fourth-order valence-corrected chi connectivity index (χ4v) is 3.02. The minimum absolute atomic E-state index is 0.0121. The number of nitrogens with one attached hydrogen (secondary N) is 1. The van der Waals surface area contributed by atoms with Crippen molar-refractivity contribution >= 4 is 34.1 Å². The number of hydrogen-bond donors (Lipinski definition) is 1. The Bertz CT molecular complexity index is 1220. The lowest BCUT2D eigenvalue weighted by molar-refractivity contribution is -0.168. The molecule has 0 spiro atoms. The molecule has 1 aliphatic carbocycles. The van der Waals surface area contributed by atoms with E-state index in [9.17, 15) is 18.0 Å². The third-order valence-corrected chi connectivity index (χ3v) is 4.91. The number of aromatic amines is 1. The normalized spacial score (nSPS) is 14.9. The summed E-state index contributed by atoms with van der Waals surface area (Å²) in [7, 11) is 1.62. The lowest BCUT2D eigenvalue weighted by Gasteiger charge is -2.18. The molecule has 1 fully saturated rings. The van der Waals surface area contributed by atoms with E-state index in [1.165, 1.54) is 17.3 Å². The van der Waals surface area contributed by atoms with Crippen LogP contribution >= 0.6 is 11.6 Å². The number of nitrogens with zero attached hydrogens (tertiary/aromatic N) is 4. The fourth-order valence-electron chi connectivity index (χ4n) is 2.84. The van der Waals surface area contributed by atoms with Gasteiger partial charge in [-0.3, -0.25) is 4.98 Å². The van der Waals surface area contributed by atoms with E-state index in [0.717, 1.165) is 0 Å². The summed E-state index contributed by atoms with van der Waals surface area (Å²) in [5, 5.41) is 1.06. The van der Waals surface area contributed by atoms with Crippen molar-refractivity contribution in [3.63, 3.8) is 0 Å². The zero-order valence-electron chi connectivity index (χ0n) is 15.0. The van der Waals surface area contributed by atoms with E-state index in [1.807, 2.05) is 0 Å². The van der Waals surface area contributed by atoms with Gasteiger partial charge in [0, 0.05) is 17.5 Å². The van der Waals surface area contributed by atoms with Gasteiger partial charge in [-0.1, -0.05) is 17.5 Å². The van der Waals surface area contributed by atoms with Gasteiger partial charge in [0.25, 0.3) is 0 Å². The van der Waals surface area contributed by atoms with Crippen LogP contribution < -0.4 is 10.6 Å². The van der Waals surface area contributed by atoms with Gasteiger partial charge in [-0.15, -0.1) is 0 Å². The molecule has 3 aromatic rings. The van der Waals surface area contributed by atoms with Crippen molar-refractivity contribution in [3.8, 4) is 11.8 Å². The van der Waals surface area contributed by atoms with Gasteiger partial charge in [0.1, 0.15) is 16.9 Å². The molecule has 6 nitrogen and oxygen atoms in total. The van der Waals surface area contributed by atoms with Crippen molar-refractivity contribution in [2.45, 2.75) is 19.0 Å². The first-order chi connectivity index (χ1) is 13.7. The fraction of sp³-hybridized carbons (Fsp3) is 0.263. The topological polar surface area (TPSA) is 74.8 Å². The molecule has 1 N–H and O–H groups in total. The van der Waals surface area contributed by atoms with Gasteiger partial charge < -0.3 is 9.88 Å². The second-order valence-corrected chi connectivity index (χ2v) is 7.14. The van der Waals surface area contributed by atoms with Crippen molar-refractivity contribution in [1.29, 1.82) is 0 Å². The molecule has 0 saturated heterocycles. The summed E-state index contributed by atoms with van der Waals surface area (Å²) in [4.78, 5) is 28.3. The van der Waals surface area contributed by atoms with Gasteiger partial charge in [-0.25, -0.2) is 9.78 Å². The Hall–Kier alpha value is -3.12. The van der Waals surface area contributed by atoms with Gasteiger partial charge in [-0.05, 0) is 37.0 Å². The van der Waals surface area contributed by atoms with Gasteiger partial charge in [-0.2, -0.15) is 18.2 Å². The van der Waals surface area contributed by atoms with E-state index >= 15 is 0 Å². The first kappa shape index (κ1) is 19.2. The lowest BCUT2D eigenvalue weighted by atomic mass is 10.1. The zero-order valence-corrected chi connectivity index (χ0v) is 15.8. The molecule has 0 bridgehead atoms. The van der Waals surface area contributed by atoms with Gasteiger partial charge in [0.15, 0.2) is 5.82 Å². The van der Waals surface area contributed by atoms with Crippen LogP contribution in [0.25, 0.3) is 10.9 Å². The van der Waals surface area contributed by atoms with Crippen LogP contribution in [0.2, 0.25) is 5.02 Å². The molecule has 2 heterocycles. The molecular weight excluding hydrogens is 407 g/mol. The van der Waals surface area contributed by atoms with Crippen LogP contribution in [0, 0.1) is 17.3 Å². The van der Waals surface area contributed by atoms with Crippen LogP contribution in [-0.4, -0.2) is 33.2 Å². The Morgan fingerprint density at radius 2 is 2.00 bits per heavy atom. The molecule has 2 aromatic heterocycles. The summed E-state index contributed by atoms with van der Waals surface area (Å²) >= 11 is 5.98. The molecule has 1 aliphatic rings. The maximum atomic E-state index is 13.0. The second kappa shape index (κ2) is 6.74. The highest BCUT2D eigenvalue weighted by molar-refractivity contribution is 6.31. The van der Waals surface area contributed by atoms with E-state index in [1.54, 1.807) is 25.2 Å². The summed E-state index contributed by atoms with van der Waals surface area (Å²) in [5.74, 6) is 5.36. The summed E-state index contributed by atoms with van der Waals surface area (Å²) in [5.41, 5.74) is -1.93. The molecule has 29 heavy (non-hydrogen) atoms. The molecule has 0 atom stereocenters. The average Bonchev–Trinajstić information content (AvgIpc) is 3.46. The lowest BCUT2D eigenvalue weighted by Crippen LogP contribution is -2.22. The molecule has 1 aromatic carbocycles. The standard InChI is InChI=1S/C19H13ClF3N5O/c1-28(16-13-3-2-11(20)8-14(13)26-17(29)27-16)15-10-24-9-12(25-15)4-5-18(6-7-18)19(21,22)23/h2-3,8-10H,6-7H2,1H3,(H,26,27,29). The van der Waals surface area contributed by atoms with Crippen LogP contribution in [0.4, 0.5) is 24.8 Å². The van der Waals surface area contributed by atoms with Crippen LogP contribution in [0.15, 0.2) is 35.4 Å². The van der Waals surface area contributed by atoms with E-state index in [2.05, 4.69) is 31.8 Å². The van der Waals surface area contributed by atoms with E-state index in [-0.39, 0.29) is 24.4 Å². The molecule has 4 rings (SSSR count). The third kappa shape index (κ3) is 3.63. The summed E-state index contributed by atoms with van der Waals surface area (Å²) in [6.07, 6.45) is -1.69. The highest BCUT2D eigenvalue weighted by Crippen LogP contribution is 2.57. The zero-order chi connectivity index (χ0) is 20.8. The molecule has 0 unspecified atom stereocenters. The molecule has 148 valence electrons. The van der Waals surface area contributed by atoms with Crippen LogP contribution in [0.1, 0.15) is 18.5 Å². The maximum Gasteiger partial charge on any atom is 0.405 e. The van der Waals surface area contributed by atoms with Crippen molar-refractivity contribution in [3.05, 3.63) is 51.8 Å². The predicted octanol–water partition coefficient (Wildman–Crippen LogP) is 3.83. The Morgan fingerprint density at radius 3 is 2.69 bits per heavy atom. The monoisotopic (exact) mass is 419 g/mol. The second-order valence-electron chi connectivity index (χ2n) is 6.71. The maximum absolute atomic E-state index is 13.0. The van der Waals surface area contributed by atoms with E-state index in [4.69, 9.17) is 11.6 Å². The van der Waals surface area contributed by atoms with E-state index < -0.39 is 17.3 Å². The summed E-state index contributed by atoms with van der Waals surface area (Å²) < 4.78 is 39.1. The predicted molar refractivity (Wildman–Crippen MR) is 102 cm³/mol. The van der Waals surface area contributed by atoms with Gasteiger partial charge >= 0.3 is 11.9 Å². The Kier molecular flexibility index (Phi) is 4.46. The number of H-pyrrole nitrogens is 1. The van der Waals surface area contributed by atoms with Crippen molar-refractivity contribution in [2.75, 3.05) is 11.9 Å². The first-order valence-corrected chi connectivity index (χ1v) is 8.92. The highest BCUT2D eigenvalue weighted by Gasteiger charge is 2.62. The van der Waals surface area contributed by atoms with Crippen molar-refractivity contribution in [2.24, 2.45) is 5.41 Å². The summed E-state index contributed by atoms with van der Waals surface area (Å²) in [6, 6.07) is 4.95. The molecule has 0 amide bonds. The van der Waals surface area contributed by atoms with Crippen molar-refractivity contribution in [1.82, 2.24) is 19.9 Å². The molecule has 0 aliphatic heterocycles. The Morgan fingerprint density at radius 1 is 1.24 bits per heavy atom. The van der Waals surface area contributed by atoms with E-state index in [0.29, 0.717) is 21.7 Å². The Balaban J connectivity index is 1.72. The van der Waals surface area contributed by atoms with Crippen LogP contribution in [-0.2, 0) is 0 Å². The van der Waals surface area contributed by atoms with Crippen molar-refractivity contribution < 1.29 is 13.2 Å². The van der Waals surface area contributed by atoms with Crippen LogP contribution in [0.5, 0.6) is 0 Å². The summed E-state index contributed by atoms with van der Waals surface area (Å²) in [6.45, 7) is 0. The molecule has 0 radical (unpaired) electrons.